The molecule has 1 unspecified atom stereocenters. The highest BCUT2D eigenvalue weighted by atomic mass is 16.2. The van der Waals surface area contributed by atoms with Gasteiger partial charge in [-0.1, -0.05) is 6.07 Å². The van der Waals surface area contributed by atoms with Crippen molar-refractivity contribution < 1.29 is 4.79 Å². The van der Waals surface area contributed by atoms with Crippen molar-refractivity contribution in [3.63, 3.8) is 0 Å². The van der Waals surface area contributed by atoms with E-state index in [1.165, 1.54) is 0 Å². The molecule has 0 saturated heterocycles. The van der Waals surface area contributed by atoms with E-state index in [4.69, 9.17) is 5.73 Å². The number of anilines is 2. The lowest BCUT2D eigenvalue weighted by Crippen LogP contribution is -2.39. The molecule has 1 atom stereocenters. The maximum atomic E-state index is 12.2. The number of nitrogen functional groups attached to an aromatic ring is 1. The molecule has 0 aliphatic carbocycles. The second kappa shape index (κ2) is 6.85. The normalized spacial score (nSPS) is 12.1. The third kappa shape index (κ3) is 4.29. The fourth-order valence-electron chi connectivity index (χ4n) is 1.98. The summed E-state index contributed by atoms with van der Waals surface area (Å²) in [4.78, 5) is 18.2. The molecule has 2 aromatic rings. The first kappa shape index (κ1) is 15.0. The number of nitrogens with zero attached hydrogens (tertiary/aromatic N) is 2. The molecule has 21 heavy (non-hydrogen) atoms. The van der Waals surface area contributed by atoms with Gasteiger partial charge in [-0.15, -0.1) is 0 Å². The number of carbonyl (C=O) groups excluding carboxylic acids is 1. The van der Waals surface area contributed by atoms with Gasteiger partial charge in [0, 0.05) is 30.3 Å². The van der Waals surface area contributed by atoms with Gasteiger partial charge in [-0.3, -0.25) is 14.7 Å². The van der Waals surface area contributed by atoms with Gasteiger partial charge in [-0.25, -0.2) is 0 Å². The Labute approximate surface area is 124 Å². The van der Waals surface area contributed by atoms with Gasteiger partial charge >= 0.3 is 0 Å². The maximum Gasteiger partial charge on any atom is 0.241 e. The van der Waals surface area contributed by atoms with E-state index in [1.807, 2.05) is 43.1 Å². The molecule has 1 aromatic carbocycles. The average molecular weight is 284 g/mol. The molecular weight excluding hydrogens is 264 g/mol. The topological polar surface area (TPSA) is 71.2 Å². The van der Waals surface area contributed by atoms with E-state index in [0.29, 0.717) is 17.9 Å². The SMILES string of the molecule is CC(C(=O)Nc1cccc(N)c1)N(C)Cc1ccncc1. The summed E-state index contributed by atoms with van der Waals surface area (Å²) in [7, 11) is 1.92. The minimum absolute atomic E-state index is 0.0582. The Bertz CT molecular complexity index is 600. The summed E-state index contributed by atoms with van der Waals surface area (Å²) in [5.74, 6) is -0.0582. The van der Waals surface area contributed by atoms with Crippen LogP contribution in [0, 0.1) is 0 Å². The number of carbonyl (C=O) groups is 1. The van der Waals surface area contributed by atoms with E-state index in [-0.39, 0.29) is 11.9 Å². The first-order valence-electron chi connectivity index (χ1n) is 6.82. The number of hydrogen-bond donors (Lipinski definition) is 2. The van der Waals surface area contributed by atoms with Crippen molar-refractivity contribution in [3.05, 3.63) is 54.4 Å². The Morgan fingerprint density at radius 2 is 2.05 bits per heavy atom. The summed E-state index contributed by atoms with van der Waals surface area (Å²) in [6, 6.07) is 10.8. The van der Waals surface area contributed by atoms with Gasteiger partial charge in [0.1, 0.15) is 0 Å². The highest BCUT2D eigenvalue weighted by Crippen LogP contribution is 2.13. The van der Waals surface area contributed by atoms with E-state index in [2.05, 4.69) is 10.3 Å². The second-order valence-electron chi connectivity index (χ2n) is 5.06. The molecule has 0 bridgehead atoms. The summed E-state index contributed by atoms with van der Waals surface area (Å²) in [6.45, 7) is 2.57. The van der Waals surface area contributed by atoms with Crippen molar-refractivity contribution in [2.75, 3.05) is 18.1 Å². The van der Waals surface area contributed by atoms with Crippen molar-refractivity contribution in [1.29, 1.82) is 0 Å². The van der Waals surface area contributed by atoms with Crippen LogP contribution in [0.2, 0.25) is 0 Å². The largest absolute Gasteiger partial charge is 0.399 e. The van der Waals surface area contributed by atoms with E-state index < -0.39 is 0 Å². The molecular formula is C16H20N4O. The quantitative estimate of drug-likeness (QED) is 0.825. The van der Waals surface area contributed by atoms with Crippen molar-refractivity contribution >= 4 is 17.3 Å². The van der Waals surface area contributed by atoms with Crippen LogP contribution in [0.5, 0.6) is 0 Å². The molecule has 0 saturated carbocycles. The molecule has 0 aliphatic heterocycles. The van der Waals surface area contributed by atoms with Crippen LogP contribution in [0.15, 0.2) is 48.8 Å². The number of nitrogens with one attached hydrogen (secondary N) is 1. The first-order valence-corrected chi connectivity index (χ1v) is 6.82. The smallest absolute Gasteiger partial charge is 0.241 e. The lowest BCUT2D eigenvalue weighted by atomic mass is 10.2. The van der Waals surface area contributed by atoms with Gasteiger partial charge in [0.15, 0.2) is 0 Å². The highest BCUT2D eigenvalue weighted by molar-refractivity contribution is 5.94. The molecule has 5 heteroatoms. The third-order valence-corrected chi connectivity index (χ3v) is 3.38. The Kier molecular flexibility index (Phi) is 4.90. The number of pyridine rings is 1. The van der Waals surface area contributed by atoms with Crippen LogP contribution < -0.4 is 11.1 Å². The molecule has 1 heterocycles. The molecule has 2 rings (SSSR count). The van der Waals surface area contributed by atoms with Gasteiger partial charge in [0.2, 0.25) is 5.91 Å². The number of benzene rings is 1. The molecule has 110 valence electrons. The number of hydrogen-bond acceptors (Lipinski definition) is 4. The molecule has 1 aromatic heterocycles. The summed E-state index contributed by atoms with van der Waals surface area (Å²) in [5.41, 5.74) is 8.17. The number of amides is 1. The van der Waals surface area contributed by atoms with Gasteiger partial charge in [0.05, 0.1) is 6.04 Å². The lowest BCUT2D eigenvalue weighted by molar-refractivity contribution is -0.120. The fraction of sp³-hybridized carbons (Fsp3) is 0.250. The summed E-state index contributed by atoms with van der Waals surface area (Å²) in [6.07, 6.45) is 3.50. The third-order valence-electron chi connectivity index (χ3n) is 3.38. The van der Waals surface area contributed by atoms with Crippen molar-refractivity contribution in [3.8, 4) is 0 Å². The van der Waals surface area contributed by atoms with E-state index in [1.54, 1.807) is 24.5 Å². The summed E-state index contributed by atoms with van der Waals surface area (Å²) >= 11 is 0. The van der Waals surface area contributed by atoms with E-state index in [0.717, 1.165) is 5.56 Å². The molecule has 3 N–H and O–H groups in total. The number of likely N-dealkylation sites (N-methyl/N-ethyl adjacent to an activating group) is 1. The summed E-state index contributed by atoms with van der Waals surface area (Å²) < 4.78 is 0. The van der Waals surface area contributed by atoms with E-state index in [9.17, 15) is 4.79 Å². The zero-order valence-electron chi connectivity index (χ0n) is 12.3. The van der Waals surface area contributed by atoms with Crippen LogP contribution in [-0.4, -0.2) is 28.9 Å². The minimum Gasteiger partial charge on any atom is -0.399 e. The maximum absolute atomic E-state index is 12.2. The highest BCUT2D eigenvalue weighted by Gasteiger charge is 2.18. The number of rotatable bonds is 5. The minimum atomic E-state index is -0.250. The predicted molar refractivity (Wildman–Crippen MR) is 84.7 cm³/mol. The zero-order valence-corrected chi connectivity index (χ0v) is 12.3. The van der Waals surface area contributed by atoms with Crippen molar-refractivity contribution in [2.45, 2.75) is 19.5 Å². The average Bonchev–Trinajstić information content (AvgIpc) is 2.47. The molecule has 0 radical (unpaired) electrons. The predicted octanol–water partition coefficient (Wildman–Crippen LogP) is 2.12. The van der Waals surface area contributed by atoms with Gasteiger partial charge in [-0.2, -0.15) is 0 Å². The molecule has 0 fully saturated rings. The Morgan fingerprint density at radius 3 is 2.71 bits per heavy atom. The number of nitrogens with two attached hydrogens (primary N) is 1. The Morgan fingerprint density at radius 1 is 1.33 bits per heavy atom. The standard InChI is InChI=1S/C16H20N4O/c1-12(20(2)11-13-6-8-18-9-7-13)16(21)19-15-5-3-4-14(17)10-15/h3-10,12H,11,17H2,1-2H3,(H,19,21). The Balaban J connectivity index is 1.95. The van der Waals surface area contributed by atoms with Gasteiger partial charge in [-0.05, 0) is 49.9 Å². The monoisotopic (exact) mass is 284 g/mol. The van der Waals surface area contributed by atoms with Crippen LogP contribution in [0.25, 0.3) is 0 Å². The molecule has 1 amide bonds. The fourth-order valence-corrected chi connectivity index (χ4v) is 1.98. The second-order valence-corrected chi connectivity index (χ2v) is 5.06. The van der Waals surface area contributed by atoms with Crippen LogP contribution in [0.3, 0.4) is 0 Å². The van der Waals surface area contributed by atoms with E-state index >= 15 is 0 Å². The van der Waals surface area contributed by atoms with Crippen molar-refractivity contribution in [1.82, 2.24) is 9.88 Å². The first-order chi connectivity index (χ1) is 10.1. The molecule has 0 spiro atoms. The van der Waals surface area contributed by atoms with Crippen LogP contribution in [0.1, 0.15) is 12.5 Å². The van der Waals surface area contributed by atoms with Crippen LogP contribution >= 0.6 is 0 Å². The number of aromatic nitrogens is 1. The van der Waals surface area contributed by atoms with Crippen LogP contribution in [-0.2, 0) is 11.3 Å². The Hall–Kier alpha value is -2.40. The molecule has 0 aliphatic rings. The van der Waals surface area contributed by atoms with Gasteiger partial charge < -0.3 is 11.1 Å². The summed E-state index contributed by atoms with van der Waals surface area (Å²) in [5, 5.41) is 2.88. The molecule has 5 nitrogen and oxygen atoms in total. The van der Waals surface area contributed by atoms with Gasteiger partial charge in [0.25, 0.3) is 0 Å². The zero-order chi connectivity index (χ0) is 15.2. The lowest BCUT2D eigenvalue weighted by Gasteiger charge is -2.24. The van der Waals surface area contributed by atoms with Crippen molar-refractivity contribution in [2.24, 2.45) is 0 Å². The van der Waals surface area contributed by atoms with Crippen LogP contribution in [0.4, 0.5) is 11.4 Å².